The average Bonchev–Trinajstić information content (AvgIpc) is 1.80. The second-order valence-corrected chi connectivity index (χ2v) is 2.51. The van der Waals surface area contributed by atoms with E-state index in [0.29, 0.717) is 11.7 Å². The molecule has 1 aliphatic rings. The number of nitrogens with one attached hydrogen (secondary N) is 2. The molecule has 0 spiro atoms. The van der Waals surface area contributed by atoms with Crippen LogP contribution in [0.2, 0.25) is 0 Å². The monoisotopic (exact) mass is 144 g/mol. The van der Waals surface area contributed by atoms with Crippen molar-refractivity contribution in [3.8, 4) is 0 Å². The Morgan fingerprint density at radius 2 is 2.44 bits per heavy atom. The molecule has 0 bridgehead atoms. The number of thiocarbonyl (C=S) groups is 1. The first-order chi connectivity index (χ1) is 4.20. The summed E-state index contributed by atoms with van der Waals surface area (Å²) >= 11 is 4.69. The molecule has 0 aromatic carbocycles. The molecule has 0 aromatic rings. The summed E-state index contributed by atoms with van der Waals surface area (Å²) < 4.78 is 0. The maximum Gasteiger partial charge on any atom is 0.230 e. The van der Waals surface area contributed by atoms with Gasteiger partial charge in [-0.2, -0.15) is 0 Å². The molecule has 1 atom stereocenters. The molecule has 0 saturated carbocycles. The molecule has 0 aliphatic carbocycles. The van der Waals surface area contributed by atoms with Gasteiger partial charge in [0.1, 0.15) is 0 Å². The van der Waals surface area contributed by atoms with Crippen LogP contribution in [0, 0.1) is 5.92 Å². The molecule has 4 heteroatoms. The molecule has 9 heavy (non-hydrogen) atoms. The molecule has 3 nitrogen and oxygen atoms in total. The summed E-state index contributed by atoms with van der Waals surface area (Å²) in [7, 11) is 0. The highest BCUT2D eigenvalue weighted by molar-refractivity contribution is 7.80. The Kier molecular flexibility index (Phi) is 1.66. The summed E-state index contributed by atoms with van der Waals surface area (Å²) in [4.78, 5) is 10.8. The van der Waals surface area contributed by atoms with E-state index in [1.807, 2.05) is 6.92 Å². The van der Waals surface area contributed by atoms with Gasteiger partial charge in [-0.1, -0.05) is 6.92 Å². The molecule has 1 amide bonds. The van der Waals surface area contributed by atoms with Gasteiger partial charge in [0.2, 0.25) is 5.91 Å². The zero-order valence-corrected chi connectivity index (χ0v) is 5.92. The number of carbonyl (C=O) groups excluding carboxylic acids is 1. The van der Waals surface area contributed by atoms with Crippen LogP contribution in [0.3, 0.4) is 0 Å². The average molecular weight is 144 g/mol. The Hall–Kier alpha value is -0.640. The molecule has 1 unspecified atom stereocenters. The normalized spacial score (nSPS) is 27.0. The van der Waals surface area contributed by atoms with Gasteiger partial charge in [0.25, 0.3) is 0 Å². The number of hydrogen-bond donors (Lipinski definition) is 2. The highest BCUT2D eigenvalue weighted by atomic mass is 32.1. The van der Waals surface area contributed by atoms with Gasteiger partial charge in [0, 0.05) is 6.54 Å². The molecule has 1 rings (SSSR count). The fourth-order valence-corrected chi connectivity index (χ4v) is 0.802. The zero-order valence-electron chi connectivity index (χ0n) is 5.10. The van der Waals surface area contributed by atoms with Crippen molar-refractivity contribution in [3.05, 3.63) is 0 Å². The van der Waals surface area contributed by atoms with Crippen molar-refractivity contribution in [3.63, 3.8) is 0 Å². The lowest BCUT2D eigenvalue weighted by molar-refractivity contribution is -0.123. The molecule has 1 saturated heterocycles. The molecule has 1 fully saturated rings. The maximum atomic E-state index is 10.8. The van der Waals surface area contributed by atoms with E-state index in [-0.39, 0.29) is 11.8 Å². The minimum absolute atomic E-state index is 0.0127. The standard InChI is InChI=1S/C5H8N2OS/c1-3-2-6-5(9)7-4(3)8/h3H,2H2,1H3,(H2,6,7,8,9). The van der Waals surface area contributed by atoms with E-state index in [1.54, 1.807) is 0 Å². The summed E-state index contributed by atoms with van der Waals surface area (Å²) in [6.45, 7) is 2.51. The summed E-state index contributed by atoms with van der Waals surface area (Å²) in [5.41, 5.74) is 0. The third-order valence-corrected chi connectivity index (χ3v) is 1.50. The lowest BCUT2D eigenvalue weighted by Gasteiger charge is -2.20. The summed E-state index contributed by atoms with van der Waals surface area (Å²) in [5, 5.41) is 5.81. The van der Waals surface area contributed by atoms with Crippen LogP contribution in [0.5, 0.6) is 0 Å². The zero-order chi connectivity index (χ0) is 6.85. The van der Waals surface area contributed by atoms with E-state index in [4.69, 9.17) is 12.2 Å². The van der Waals surface area contributed by atoms with Gasteiger partial charge in [-0.25, -0.2) is 0 Å². The van der Waals surface area contributed by atoms with Crippen LogP contribution in [-0.2, 0) is 4.79 Å². The topological polar surface area (TPSA) is 41.1 Å². The van der Waals surface area contributed by atoms with Gasteiger partial charge >= 0.3 is 0 Å². The second kappa shape index (κ2) is 2.31. The van der Waals surface area contributed by atoms with Crippen molar-refractivity contribution in [2.75, 3.05) is 6.54 Å². The Balaban J connectivity index is 2.54. The van der Waals surface area contributed by atoms with Crippen molar-refractivity contribution in [1.29, 1.82) is 0 Å². The Bertz CT molecular complexity index is 157. The van der Waals surface area contributed by atoms with Gasteiger partial charge < -0.3 is 10.6 Å². The fourth-order valence-electron chi connectivity index (χ4n) is 0.618. The van der Waals surface area contributed by atoms with E-state index in [1.165, 1.54) is 0 Å². The molecule has 1 heterocycles. The van der Waals surface area contributed by atoms with Gasteiger partial charge in [-0.3, -0.25) is 4.79 Å². The molecular formula is C5H8N2OS. The van der Waals surface area contributed by atoms with Crippen molar-refractivity contribution < 1.29 is 4.79 Å². The maximum absolute atomic E-state index is 10.8. The minimum Gasteiger partial charge on any atom is -0.362 e. The Labute approximate surface area is 58.8 Å². The highest BCUT2D eigenvalue weighted by Gasteiger charge is 2.18. The number of amides is 1. The third kappa shape index (κ3) is 1.38. The van der Waals surface area contributed by atoms with Crippen LogP contribution in [-0.4, -0.2) is 17.6 Å². The lowest BCUT2D eigenvalue weighted by atomic mass is 10.1. The van der Waals surface area contributed by atoms with Gasteiger partial charge in [0.15, 0.2) is 5.11 Å². The molecule has 2 N–H and O–H groups in total. The van der Waals surface area contributed by atoms with Crippen molar-refractivity contribution in [1.82, 2.24) is 10.6 Å². The molecule has 0 aromatic heterocycles. The highest BCUT2D eigenvalue weighted by Crippen LogP contribution is 1.95. The predicted octanol–water partition coefficient (Wildman–Crippen LogP) is -0.373. The lowest BCUT2D eigenvalue weighted by Crippen LogP contribution is -2.50. The first kappa shape index (κ1) is 6.48. The van der Waals surface area contributed by atoms with Crippen LogP contribution in [0.15, 0.2) is 0 Å². The van der Waals surface area contributed by atoms with E-state index in [9.17, 15) is 4.79 Å². The minimum atomic E-state index is 0.0127. The summed E-state index contributed by atoms with van der Waals surface area (Å²) in [6.07, 6.45) is 0. The van der Waals surface area contributed by atoms with E-state index in [2.05, 4.69) is 10.6 Å². The first-order valence-electron chi connectivity index (χ1n) is 2.79. The molecule has 1 aliphatic heterocycles. The number of rotatable bonds is 0. The van der Waals surface area contributed by atoms with Gasteiger partial charge in [-0.05, 0) is 12.2 Å². The van der Waals surface area contributed by atoms with Gasteiger partial charge in [0.05, 0.1) is 5.92 Å². The predicted molar refractivity (Wildman–Crippen MR) is 37.9 cm³/mol. The van der Waals surface area contributed by atoms with Crippen LogP contribution >= 0.6 is 12.2 Å². The first-order valence-corrected chi connectivity index (χ1v) is 3.19. The van der Waals surface area contributed by atoms with E-state index < -0.39 is 0 Å². The molecule has 0 radical (unpaired) electrons. The van der Waals surface area contributed by atoms with Crippen molar-refractivity contribution in [2.24, 2.45) is 5.92 Å². The van der Waals surface area contributed by atoms with Crippen molar-refractivity contribution in [2.45, 2.75) is 6.92 Å². The van der Waals surface area contributed by atoms with Crippen LogP contribution in [0.4, 0.5) is 0 Å². The SMILES string of the molecule is CC1CNC(=S)NC1=O. The third-order valence-electron chi connectivity index (χ3n) is 1.25. The smallest absolute Gasteiger partial charge is 0.230 e. The molecule has 50 valence electrons. The largest absolute Gasteiger partial charge is 0.362 e. The van der Waals surface area contributed by atoms with Crippen LogP contribution in [0.25, 0.3) is 0 Å². The van der Waals surface area contributed by atoms with Gasteiger partial charge in [-0.15, -0.1) is 0 Å². The Morgan fingerprint density at radius 3 is 2.89 bits per heavy atom. The molecular weight excluding hydrogens is 136 g/mol. The van der Waals surface area contributed by atoms with Crippen LogP contribution < -0.4 is 10.6 Å². The quantitative estimate of drug-likeness (QED) is 0.456. The number of carbonyl (C=O) groups is 1. The van der Waals surface area contributed by atoms with E-state index in [0.717, 1.165) is 0 Å². The van der Waals surface area contributed by atoms with E-state index >= 15 is 0 Å². The summed E-state index contributed by atoms with van der Waals surface area (Å²) in [5.74, 6) is 0.0513. The number of hydrogen-bond acceptors (Lipinski definition) is 2. The summed E-state index contributed by atoms with van der Waals surface area (Å²) in [6, 6.07) is 0. The fraction of sp³-hybridized carbons (Fsp3) is 0.600. The van der Waals surface area contributed by atoms with Crippen molar-refractivity contribution >= 4 is 23.2 Å². The Morgan fingerprint density at radius 1 is 1.78 bits per heavy atom. The van der Waals surface area contributed by atoms with Crippen LogP contribution in [0.1, 0.15) is 6.92 Å². The second-order valence-electron chi connectivity index (χ2n) is 2.10.